The highest BCUT2D eigenvalue weighted by Gasteiger charge is 2.53. The molecule has 0 amide bonds. The fourth-order valence-corrected chi connectivity index (χ4v) is 11.6. The van der Waals surface area contributed by atoms with Crippen LogP contribution < -0.4 is 9.88 Å². The summed E-state index contributed by atoms with van der Waals surface area (Å²) in [7, 11) is -1.88. The van der Waals surface area contributed by atoms with Gasteiger partial charge in [0.2, 0.25) is 0 Å². The van der Waals surface area contributed by atoms with Crippen LogP contribution in [0.4, 0.5) is 22.7 Å². The Morgan fingerprint density at radius 1 is 0.781 bits per heavy atom. The van der Waals surface area contributed by atoms with Gasteiger partial charge in [0.1, 0.15) is 0 Å². The zero-order chi connectivity index (χ0) is 21.7. The summed E-state index contributed by atoms with van der Waals surface area (Å²) in [5.41, 5.74) is 6.01. The predicted octanol–water partition coefficient (Wildman–Crippen LogP) is 8.42. The number of benzene rings is 2. The summed E-state index contributed by atoms with van der Waals surface area (Å²) in [5.74, 6) is 3.24. The third-order valence-electron chi connectivity index (χ3n) is 9.01. The Morgan fingerprint density at radius 2 is 1.38 bits per heavy atom. The summed E-state index contributed by atoms with van der Waals surface area (Å²) >= 11 is 0. The first kappa shape index (κ1) is 20.4. The zero-order valence-electron chi connectivity index (χ0n) is 19.5. The Labute approximate surface area is 194 Å². The van der Waals surface area contributed by atoms with E-state index < -0.39 is 8.24 Å². The van der Waals surface area contributed by atoms with Gasteiger partial charge in [-0.15, -0.1) is 0 Å². The Kier molecular flexibility index (Phi) is 5.06. The number of hydrogen-bond donors (Lipinski definition) is 1. The molecule has 4 atom stereocenters. The number of allylic oxidation sites excluding steroid dienone is 4. The van der Waals surface area contributed by atoms with Crippen molar-refractivity contribution in [1.29, 1.82) is 0 Å². The van der Waals surface area contributed by atoms with Crippen LogP contribution in [-0.2, 0) is 0 Å². The standard InChI is InChI=1S/C29H36N2Si/c1-32(2,31-27-18-10-8-16-25(27)30-26-17-9-11-19-28(26)31)29-20-24(21-12-4-3-5-13-21)22-14-6-7-15-23(22)29/h6-11,14-19,21-24,29-30H,3-5,12-13,20H2,1-2H3/t22-,23+,24-,29?/m1/s1. The van der Waals surface area contributed by atoms with E-state index in [0.717, 1.165) is 23.3 Å². The molecule has 3 aliphatic carbocycles. The molecule has 3 heteroatoms. The lowest BCUT2D eigenvalue weighted by molar-refractivity contribution is 0.216. The Hall–Kier alpha value is -2.26. The molecule has 2 nitrogen and oxygen atoms in total. The summed E-state index contributed by atoms with van der Waals surface area (Å²) < 4.78 is 2.80. The summed E-state index contributed by atoms with van der Waals surface area (Å²) in [5, 5.41) is 3.71. The molecule has 2 aromatic rings. The van der Waals surface area contributed by atoms with Crippen LogP contribution in [0.3, 0.4) is 0 Å². The molecule has 0 bridgehead atoms. The van der Waals surface area contributed by atoms with Gasteiger partial charge in [0, 0.05) is 0 Å². The quantitative estimate of drug-likeness (QED) is 0.482. The lowest BCUT2D eigenvalue weighted by Gasteiger charge is -2.48. The Morgan fingerprint density at radius 3 is 2.03 bits per heavy atom. The van der Waals surface area contributed by atoms with Gasteiger partial charge in [-0.1, -0.05) is 93.8 Å². The first-order valence-corrected chi connectivity index (χ1v) is 15.8. The first-order chi connectivity index (χ1) is 15.6. The minimum atomic E-state index is -1.88. The molecule has 1 N–H and O–H groups in total. The minimum Gasteiger partial charge on any atom is -0.366 e. The van der Waals surface area contributed by atoms with Crippen molar-refractivity contribution < 1.29 is 0 Å². The second-order valence-corrected chi connectivity index (χ2v) is 15.5. The van der Waals surface area contributed by atoms with Crippen molar-refractivity contribution in [2.24, 2.45) is 23.7 Å². The maximum Gasteiger partial charge on any atom is 0.160 e. The molecule has 32 heavy (non-hydrogen) atoms. The fourth-order valence-electron chi connectivity index (χ4n) is 7.52. The lowest BCUT2D eigenvalue weighted by Crippen LogP contribution is -2.52. The zero-order valence-corrected chi connectivity index (χ0v) is 20.5. The van der Waals surface area contributed by atoms with Gasteiger partial charge in [0.25, 0.3) is 0 Å². The third kappa shape index (κ3) is 3.20. The summed E-state index contributed by atoms with van der Waals surface area (Å²) in [6.45, 7) is 5.28. The Balaban J connectivity index is 1.41. The summed E-state index contributed by atoms with van der Waals surface area (Å²) in [4.78, 5) is 0. The van der Waals surface area contributed by atoms with Crippen molar-refractivity contribution in [3.8, 4) is 0 Å². The van der Waals surface area contributed by atoms with Crippen molar-refractivity contribution in [2.45, 2.75) is 57.2 Å². The lowest BCUT2D eigenvalue weighted by atomic mass is 9.73. The molecule has 2 saturated carbocycles. The molecule has 0 aromatic heterocycles. The molecule has 0 radical (unpaired) electrons. The Bertz CT molecular complexity index is 1000. The van der Waals surface area contributed by atoms with Crippen LogP contribution in [0.2, 0.25) is 18.6 Å². The van der Waals surface area contributed by atoms with Crippen molar-refractivity contribution in [3.05, 3.63) is 72.8 Å². The van der Waals surface area contributed by atoms with Crippen LogP contribution in [0.15, 0.2) is 72.8 Å². The number of para-hydroxylation sites is 4. The van der Waals surface area contributed by atoms with E-state index in [9.17, 15) is 0 Å². The molecule has 1 aliphatic heterocycles. The van der Waals surface area contributed by atoms with E-state index in [-0.39, 0.29) is 0 Å². The van der Waals surface area contributed by atoms with Gasteiger partial charge in [-0.2, -0.15) is 0 Å². The molecule has 1 heterocycles. The predicted molar refractivity (Wildman–Crippen MR) is 139 cm³/mol. The normalized spacial score (nSPS) is 29.2. The molecule has 4 aliphatic rings. The average Bonchev–Trinajstić information content (AvgIpc) is 3.23. The van der Waals surface area contributed by atoms with Gasteiger partial charge in [0.15, 0.2) is 8.24 Å². The van der Waals surface area contributed by atoms with E-state index in [0.29, 0.717) is 5.92 Å². The van der Waals surface area contributed by atoms with Crippen molar-refractivity contribution in [3.63, 3.8) is 0 Å². The van der Waals surface area contributed by atoms with Gasteiger partial charge >= 0.3 is 0 Å². The smallest absolute Gasteiger partial charge is 0.160 e. The maximum absolute atomic E-state index is 3.71. The van der Waals surface area contributed by atoms with Crippen LogP contribution in [0, 0.1) is 23.7 Å². The van der Waals surface area contributed by atoms with E-state index in [1.54, 1.807) is 0 Å². The summed E-state index contributed by atoms with van der Waals surface area (Å²) in [6.07, 6.45) is 18.5. The van der Waals surface area contributed by atoms with E-state index in [4.69, 9.17) is 0 Å². The van der Waals surface area contributed by atoms with E-state index in [1.165, 1.54) is 61.3 Å². The molecule has 6 rings (SSSR count). The van der Waals surface area contributed by atoms with Gasteiger partial charge in [-0.3, -0.25) is 0 Å². The molecule has 166 valence electrons. The van der Waals surface area contributed by atoms with Gasteiger partial charge in [-0.25, -0.2) is 0 Å². The second-order valence-electron chi connectivity index (χ2n) is 11.0. The van der Waals surface area contributed by atoms with E-state index in [2.05, 4.69) is 95.8 Å². The number of hydrogen-bond acceptors (Lipinski definition) is 2. The van der Waals surface area contributed by atoms with Crippen LogP contribution in [0.1, 0.15) is 38.5 Å². The number of rotatable bonds is 3. The number of nitrogens with zero attached hydrogens (tertiary/aromatic N) is 1. The molecule has 0 spiro atoms. The number of nitrogens with one attached hydrogen (secondary N) is 1. The molecular formula is C29H36N2Si. The fraction of sp³-hybridized carbons (Fsp3) is 0.448. The summed E-state index contributed by atoms with van der Waals surface area (Å²) in [6, 6.07) is 17.9. The highest BCUT2D eigenvalue weighted by Crippen LogP contribution is 2.59. The van der Waals surface area contributed by atoms with E-state index >= 15 is 0 Å². The second kappa shape index (κ2) is 7.95. The monoisotopic (exact) mass is 440 g/mol. The van der Waals surface area contributed by atoms with Crippen molar-refractivity contribution >= 4 is 31.0 Å². The molecule has 1 unspecified atom stereocenters. The van der Waals surface area contributed by atoms with Crippen LogP contribution in [-0.4, -0.2) is 8.24 Å². The molecule has 2 fully saturated rings. The minimum absolute atomic E-state index is 0.697. The van der Waals surface area contributed by atoms with Crippen LogP contribution >= 0.6 is 0 Å². The average molecular weight is 441 g/mol. The van der Waals surface area contributed by atoms with Gasteiger partial charge in [-0.05, 0) is 59.9 Å². The van der Waals surface area contributed by atoms with Crippen LogP contribution in [0.25, 0.3) is 0 Å². The van der Waals surface area contributed by atoms with E-state index in [1.807, 2.05) is 0 Å². The van der Waals surface area contributed by atoms with Gasteiger partial charge < -0.3 is 9.88 Å². The molecule has 0 saturated heterocycles. The SMILES string of the molecule is C[Si](C)(C1C[C@H](C2CCCCC2)[C@@H]2C=CC=C[C@H]12)N1c2ccccc2Nc2ccccc21. The van der Waals surface area contributed by atoms with Crippen LogP contribution in [0.5, 0.6) is 0 Å². The van der Waals surface area contributed by atoms with Crippen molar-refractivity contribution in [2.75, 3.05) is 9.88 Å². The highest BCUT2D eigenvalue weighted by molar-refractivity contribution is 6.84. The van der Waals surface area contributed by atoms with Crippen molar-refractivity contribution in [1.82, 2.24) is 0 Å². The largest absolute Gasteiger partial charge is 0.366 e. The molecule has 2 aromatic carbocycles. The molecular weight excluding hydrogens is 404 g/mol. The third-order valence-corrected chi connectivity index (χ3v) is 13.1. The number of anilines is 4. The topological polar surface area (TPSA) is 15.3 Å². The highest BCUT2D eigenvalue weighted by atomic mass is 28.3. The van der Waals surface area contributed by atoms with Gasteiger partial charge in [0.05, 0.1) is 22.7 Å². The maximum atomic E-state index is 3.71. The first-order valence-electron chi connectivity index (χ1n) is 12.7. The number of fused-ring (bicyclic) bond motifs is 3.